The largest absolute Gasteiger partial charge is 0.332 e. The third-order valence-electron chi connectivity index (χ3n) is 6.80. The van der Waals surface area contributed by atoms with E-state index >= 15 is 0 Å². The van der Waals surface area contributed by atoms with Crippen LogP contribution in [0.1, 0.15) is 49.7 Å². The van der Waals surface area contributed by atoms with Crippen molar-refractivity contribution < 1.29 is 0 Å². The van der Waals surface area contributed by atoms with E-state index in [1.54, 1.807) is 0 Å². The standard InChI is InChI=1S/C22H28N4S/c1-14-5-15(2)7-19(6-14)23-21(27)24-20-3-4-26(25-20)22-11-16-8-17(12-22)10-18(9-16)13-22/h3-7,16-18H,8-13H2,1-2H3,(H2,23,24,25,27). The van der Waals surface area contributed by atoms with Gasteiger partial charge in [-0.05, 0) is 106 Å². The number of thiocarbonyl (C=S) groups is 1. The molecule has 27 heavy (non-hydrogen) atoms. The summed E-state index contributed by atoms with van der Waals surface area (Å²) in [6, 6.07) is 8.44. The molecule has 5 heteroatoms. The lowest BCUT2D eigenvalue weighted by atomic mass is 9.53. The van der Waals surface area contributed by atoms with E-state index in [2.05, 4.69) is 59.6 Å². The van der Waals surface area contributed by atoms with Crippen molar-refractivity contribution in [3.63, 3.8) is 0 Å². The first kappa shape index (κ1) is 17.2. The molecule has 2 aromatic rings. The van der Waals surface area contributed by atoms with Crippen molar-refractivity contribution in [1.29, 1.82) is 0 Å². The normalized spacial score (nSPS) is 31.1. The van der Waals surface area contributed by atoms with E-state index in [9.17, 15) is 0 Å². The summed E-state index contributed by atoms with van der Waals surface area (Å²) in [6.45, 7) is 4.20. The highest BCUT2D eigenvalue weighted by atomic mass is 32.1. The topological polar surface area (TPSA) is 41.9 Å². The Kier molecular flexibility index (Phi) is 4.04. The number of hydrogen-bond acceptors (Lipinski definition) is 2. The van der Waals surface area contributed by atoms with Gasteiger partial charge in [-0.3, -0.25) is 4.68 Å². The smallest absolute Gasteiger partial charge is 0.176 e. The molecule has 4 saturated carbocycles. The number of nitrogens with zero attached hydrogens (tertiary/aromatic N) is 2. The van der Waals surface area contributed by atoms with E-state index in [0.29, 0.717) is 5.11 Å². The first-order valence-corrected chi connectivity index (χ1v) is 10.6. The fourth-order valence-corrected chi connectivity index (χ4v) is 6.55. The zero-order valence-electron chi connectivity index (χ0n) is 16.2. The molecule has 4 bridgehead atoms. The summed E-state index contributed by atoms with van der Waals surface area (Å²) in [5, 5.41) is 12.0. The van der Waals surface area contributed by atoms with Crippen molar-refractivity contribution in [3.05, 3.63) is 41.6 Å². The Morgan fingerprint density at radius 2 is 1.59 bits per heavy atom. The van der Waals surface area contributed by atoms with E-state index < -0.39 is 0 Å². The molecule has 0 unspecified atom stereocenters. The van der Waals surface area contributed by atoms with Crippen LogP contribution >= 0.6 is 12.2 Å². The average Bonchev–Trinajstić information content (AvgIpc) is 3.01. The summed E-state index contributed by atoms with van der Waals surface area (Å²) in [7, 11) is 0. The van der Waals surface area contributed by atoms with Crippen LogP contribution < -0.4 is 10.6 Å². The Labute approximate surface area is 166 Å². The highest BCUT2D eigenvalue weighted by Crippen LogP contribution is 2.58. The van der Waals surface area contributed by atoms with Gasteiger partial charge in [0.05, 0.1) is 5.54 Å². The second-order valence-electron chi connectivity index (χ2n) is 9.24. The van der Waals surface area contributed by atoms with E-state index in [1.165, 1.54) is 49.7 Å². The monoisotopic (exact) mass is 380 g/mol. The van der Waals surface area contributed by atoms with Gasteiger partial charge in [0.15, 0.2) is 10.9 Å². The number of anilines is 2. The average molecular weight is 381 g/mol. The molecule has 0 atom stereocenters. The molecule has 4 nitrogen and oxygen atoms in total. The number of nitrogens with one attached hydrogen (secondary N) is 2. The first-order chi connectivity index (χ1) is 13.0. The van der Waals surface area contributed by atoms with Crippen molar-refractivity contribution in [1.82, 2.24) is 9.78 Å². The van der Waals surface area contributed by atoms with Crippen molar-refractivity contribution >= 4 is 28.8 Å². The molecule has 0 radical (unpaired) electrons. The molecule has 0 amide bonds. The van der Waals surface area contributed by atoms with Crippen molar-refractivity contribution in [2.45, 2.75) is 57.9 Å². The van der Waals surface area contributed by atoms with Crippen LogP contribution in [0.2, 0.25) is 0 Å². The number of aryl methyl sites for hydroxylation is 2. The highest BCUT2D eigenvalue weighted by Gasteiger charge is 2.52. The van der Waals surface area contributed by atoms with Crippen LogP contribution in [0.5, 0.6) is 0 Å². The zero-order valence-corrected chi connectivity index (χ0v) is 17.0. The maximum absolute atomic E-state index is 5.51. The van der Waals surface area contributed by atoms with Gasteiger partial charge in [-0.15, -0.1) is 0 Å². The molecular formula is C22H28N4S. The Bertz CT molecular complexity index is 829. The van der Waals surface area contributed by atoms with E-state index in [-0.39, 0.29) is 5.54 Å². The Morgan fingerprint density at radius 1 is 1.00 bits per heavy atom. The molecule has 142 valence electrons. The molecule has 1 aromatic heterocycles. The van der Waals surface area contributed by atoms with Gasteiger partial charge < -0.3 is 10.6 Å². The van der Waals surface area contributed by atoms with Crippen LogP contribution in [-0.4, -0.2) is 14.9 Å². The van der Waals surface area contributed by atoms with E-state index in [1.807, 2.05) is 0 Å². The molecule has 1 aromatic carbocycles. The van der Waals surface area contributed by atoms with Crippen LogP contribution in [0, 0.1) is 31.6 Å². The predicted octanol–water partition coefficient (Wildman–Crippen LogP) is 5.23. The summed E-state index contributed by atoms with van der Waals surface area (Å²) in [5.41, 5.74) is 3.74. The minimum Gasteiger partial charge on any atom is -0.332 e. The van der Waals surface area contributed by atoms with Gasteiger partial charge in [0, 0.05) is 18.0 Å². The summed E-state index contributed by atoms with van der Waals surface area (Å²) >= 11 is 5.51. The fourth-order valence-electron chi connectivity index (χ4n) is 6.33. The van der Waals surface area contributed by atoms with Gasteiger partial charge in [0.1, 0.15) is 0 Å². The van der Waals surface area contributed by atoms with Crippen molar-refractivity contribution in [2.75, 3.05) is 10.6 Å². The quantitative estimate of drug-likeness (QED) is 0.715. The lowest BCUT2D eigenvalue weighted by Gasteiger charge is -2.56. The summed E-state index contributed by atoms with van der Waals surface area (Å²) < 4.78 is 2.26. The van der Waals surface area contributed by atoms with Crippen molar-refractivity contribution in [2.24, 2.45) is 17.8 Å². The van der Waals surface area contributed by atoms with Crippen LogP contribution in [0.25, 0.3) is 0 Å². The van der Waals surface area contributed by atoms with Gasteiger partial charge in [-0.1, -0.05) is 6.07 Å². The predicted molar refractivity (Wildman–Crippen MR) is 114 cm³/mol. The second kappa shape index (κ2) is 6.33. The van der Waals surface area contributed by atoms with Crippen LogP contribution in [0.15, 0.2) is 30.5 Å². The first-order valence-electron chi connectivity index (χ1n) is 10.2. The molecule has 4 fully saturated rings. The number of benzene rings is 1. The number of aromatic nitrogens is 2. The number of hydrogen-bond donors (Lipinski definition) is 2. The Hall–Kier alpha value is -1.88. The van der Waals surface area contributed by atoms with Gasteiger partial charge in [0.2, 0.25) is 0 Å². The third-order valence-corrected chi connectivity index (χ3v) is 7.01. The molecule has 1 heterocycles. The maximum atomic E-state index is 5.51. The minimum absolute atomic E-state index is 0.261. The van der Waals surface area contributed by atoms with E-state index in [0.717, 1.165) is 29.3 Å². The Morgan fingerprint density at radius 3 is 2.19 bits per heavy atom. The van der Waals surface area contributed by atoms with Gasteiger partial charge in [-0.25, -0.2) is 0 Å². The lowest BCUT2D eigenvalue weighted by molar-refractivity contribution is -0.0492. The molecule has 0 spiro atoms. The Balaban J connectivity index is 1.29. The van der Waals surface area contributed by atoms with Gasteiger partial charge in [-0.2, -0.15) is 5.10 Å². The van der Waals surface area contributed by atoms with Crippen LogP contribution in [-0.2, 0) is 5.54 Å². The summed E-state index contributed by atoms with van der Waals surface area (Å²) in [4.78, 5) is 0. The third kappa shape index (κ3) is 3.27. The molecule has 4 aliphatic carbocycles. The molecule has 4 aliphatic rings. The molecule has 0 saturated heterocycles. The molecule has 6 rings (SSSR count). The zero-order chi connectivity index (χ0) is 18.6. The molecule has 0 aliphatic heterocycles. The minimum atomic E-state index is 0.261. The molecule has 2 N–H and O–H groups in total. The highest BCUT2D eigenvalue weighted by molar-refractivity contribution is 7.80. The van der Waals surface area contributed by atoms with E-state index in [4.69, 9.17) is 17.3 Å². The van der Waals surface area contributed by atoms with Gasteiger partial charge in [0.25, 0.3) is 0 Å². The van der Waals surface area contributed by atoms with Gasteiger partial charge >= 0.3 is 0 Å². The summed E-state index contributed by atoms with van der Waals surface area (Å²) in [5.74, 6) is 3.60. The van der Waals surface area contributed by atoms with Crippen molar-refractivity contribution in [3.8, 4) is 0 Å². The maximum Gasteiger partial charge on any atom is 0.176 e. The van der Waals surface area contributed by atoms with Crippen LogP contribution in [0.4, 0.5) is 11.5 Å². The fraction of sp³-hybridized carbons (Fsp3) is 0.545. The molecular weight excluding hydrogens is 352 g/mol. The summed E-state index contributed by atoms with van der Waals surface area (Å²) in [6.07, 6.45) is 10.5. The number of rotatable bonds is 3. The lowest BCUT2D eigenvalue weighted by Crippen LogP contribution is -2.52. The second-order valence-corrected chi connectivity index (χ2v) is 9.65. The SMILES string of the molecule is Cc1cc(C)cc(NC(=S)Nc2ccn(C34CC5CC(CC(C5)C3)C4)n2)c1. The van der Waals surface area contributed by atoms with Crippen LogP contribution in [0.3, 0.4) is 0 Å².